The van der Waals surface area contributed by atoms with Crippen molar-refractivity contribution in [2.75, 3.05) is 46.5 Å². The maximum Gasteiger partial charge on any atom is 0.248 e. The van der Waals surface area contributed by atoms with Crippen LogP contribution in [0.1, 0.15) is 30.1 Å². The van der Waals surface area contributed by atoms with Gasteiger partial charge in [-0.15, -0.1) is 0 Å². The van der Waals surface area contributed by atoms with Crippen LogP contribution in [-0.2, 0) is 20.7 Å². The van der Waals surface area contributed by atoms with Crippen molar-refractivity contribution in [3.8, 4) is 5.75 Å². The SMILES string of the molecule is CCOc1ccc(CC(=O)N2CC3(CN(C(=O)COC)CC3c3nc(C)no3)C2)cc1. The van der Waals surface area contributed by atoms with Gasteiger partial charge in [0.05, 0.1) is 18.9 Å². The fourth-order valence-corrected chi connectivity index (χ4v) is 4.54. The number of aromatic nitrogens is 2. The van der Waals surface area contributed by atoms with Gasteiger partial charge in [-0.05, 0) is 31.5 Å². The Hall–Kier alpha value is -2.94. The van der Waals surface area contributed by atoms with Crippen molar-refractivity contribution >= 4 is 11.8 Å². The van der Waals surface area contributed by atoms with E-state index in [0.29, 0.717) is 50.9 Å². The van der Waals surface area contributed by atoms with Gasteiger partial charge >= 0.3 is 0 Å². The van der Waals surface area contributed by atoms with E-state index in [1.165, 1.54) is 7.11 Å². The van der Waals surface area contributed by atoms with Gasteiger partial charge in [0.2, 0.25) is 17.7 Å². The summed E-state index contributed by atoms with van der Waals surface area (Å²) in [6.45, 7) is 6.52. The fourth-order valence-electron chi connectivity index (χ4n) is 4.54. The van der Waals surface area contributed by atoms with Crippen LogP contribution in [0.15, 0.2) is 28.8 Å². The first-order chi connectivity index (χ1) is 14.9. The Labute approximate surface area is 181 Å². The predicted molar refractivity (Wildman–Crippen MR) is 111 cm³/mol. The van der Waals surface area contributed by atoms with E-state index < -0.39 is 0 Å². The second-order valence-electron chi connectivity index (χ2n) is 8.31. The van der Waals surface area contributed by atoms with Gasteiger partial charge in [-0.1, -0.05) is 17.3 Å². The molecule has 0 bridgehead atoms. The van der Waals surface area contributed by atoms with E-state index in [1.807, 2.05) is 36.1 Å². The van der Waals surface area contributed by atoms with Crippen molar-refractivity contribution in [1.82, 2.24) is 19.9 Å². The highest BCUT2D eigenvalue weighted by molar-refractivity contribution is 5.81. The Kier molecular flexibility index (Phi) is 5.95. The minimum atomic E-state index is -0.267. The summed E-state index contributed by atoms with van der Waals surface area (Å²) in [5.41, 5.74) is 0.679. The minimum absolute atomic E-state index is 0.0338. The van der Waals surface area contributed by atoms with Crippen LogP contribution >= 0.6 is 0 Å². The molecule has 166 valence electrons. The number of benzene rings is 1. The molecule has 2 aliphatic heterocycles. The molecular weight excluding hydrogens is 400 g/mol. The number of likely N-dealkylation sites (tertiary alicyclic amines) is 2. The molecule has 0 aliphatic carbocycles. The number of hydrogen-bond donors (Lipinski definition) is 0. The molecule has 1 aromatic carbocycles. The van der Waals surface area contributed by atoms with Crippen LogP contribution in [0.4, 0.5) is 0 Å². The summed E-state index contributed by atoms with van der Waals surface area (Å²) in [7, 11) is 1.51. The van der Waals surface area contributed by atoms with E-state index in [-0.39, 0.29) is 29.8 Å². The number of nitrogens with zero attached hydrogens (tertiary/aromatic N) is 4. The highest BCUT2D eigenvalue weighted by atomic mass is 16.5. The quantitative estimate of drug-likeness (QED) is 0.658. The van der Waals surface area contributed by atoms with E-state index in [1.54, 1.807) is 11.8 Å². The second kappa shape index (κ2) is 8.66. The average Bonchev–Trinajstić information content (AvgIpc) is 3.32. The van der Waals surface area contributed by atoms with E-state index in [0.717, 1.165) is 11.3 Å². The number of amides is 2. The van der Waals surface area contributed by atoms with Crippen LogP contribution in [0.3, 0.4) is 0 Å². The Morgan fingerprint density at radius 1 is 1.16 bits per heavy atom. The lowest BCUT2D eigenvalue weighted by Crippen LogP contribution is -2.62. The number of carbonyl (C=O) groups is 2. The van der Waals surface area contributed by atoms with Crippen LogP contribution in [-0.4, -0.2) is 78.3 Å². The molecule has 0 radical (unpaired) electrons. The van der Waals surface area contributed by atoms with Gasteiger partial charge in [-0.2, -0.15) is 4.98 Å². The highest BCUT2D eigenvalue weighted by Crippen LogP contribution is 2.48. The molecule has 2 aromatic rings. The molecule has 4 rings (SSSR count). The predicted octanol–water partition coefficient (Wildman–Crippen LogP) is 1.42. The van der Waals surface area contributed by atoms with Gasteiger partial charge in [0.15, 0.2) is 5.82 Å². The van der Waals surface area contributed by atoms with Crippen LogP contribution in [0.5, 0.6) is 5.75 Å². The van der Waals surface area contributed by atoms with Crippen molar-refractivity contribution in [2.45, 2.75) is 26.2 Å². The lowest BCUT2D eigenvalue weighted by molar-refractivity contribution is -0.144. The maximum absolute atomic E-state index is 12.9. The van der Waals surface area contributed by atoms with E-state index in [2.05, 4.69) is 10.1 Å². The van der Waals surface area contributed by atoms with Gasteiger partial charge in [-0.25, -0.2) is 0 Å². The molecule has 0 saturated carbocycles. The topological polar surface area (TPSA) is 98.0 Å². The Bertz CT molecular complexity index is 936. The summed E-state index contributed by atoms with van der Waals surface area (Å²) in [5, 5.41) is 3.92. The molecule has 1 spiro atoms. The fraction of sp³-hybridized carbons (Fsp3) is 0.545. The van der Waals surface area contributed by atoms with Gasteiger partial charge in [0, 0.05) is 38.7 Å². The van der Waals surface area contributed by atoms with E-state index >= 15 is 0 Å². The third-order valence-corrected chi connectivity index (χ3v) is 6.06. The zero-order chi connectivity index (χ0) is 22.0. The molecule has 9 nitrogen and oxygen atoms in total. The molecule has 0 N–H and O–H groups in total. The van der Waals surface area contributed by atoms with Crippen molar-refractivity contribution in [1.29, 1.82) is 0 Å². The summed E-state index contributed by atoms with van der Waals surface area (Å²) < 4.78 is 15.9. The third-order valence-electron chi connectivity index (χ3n) is 6.06. The molecule has 2 fully saturated rings. The zero-order valence-electron chi connectivity index (χ0n) is 18.2. The molecule has 2 amide bonds. The summed E-state index contributed by atoms with van der Waals surface area (Å²) in [5.74, 6) is 1.80. The minimum Gasteiger partial charge on any atom is -0.494 e. The van der Waals surface area contributed by atoms with Gasteiger partial charge in [0.1, 0.15) is 12.4 Å². The number of carbonyl (C=O) groups excluding carboxylic acids is 2. The lowest BCUT2D eigenvalue weighted by Gasteiger charge is -2.50. The third kappa shape index (κ3) is 4.27. The Morgan fingerprint density at radius 2 is 1.87 bits per heavy atom. The van der Waals surface area contributed by atoms with E-state index in [4.69, 9.17) is 14.0 Å². The zero-order valence-corrected chi connectivity index (χ0v) is 18.2. The normalized spacial score (nSPS) is 19.5. The molecule has 31 heavy (non-hydrogen) atoms. The molecule has 1 unspecified atom stereocenters. The lowest BCUT2D eigenvalue weighted by atomic mass is 9.71. The largest absolute Gasteiger partial charge is 0.494 e. The monoisotopic (exact) mass is 428 g/mol. The smallest absolute Gasteiger partial charge is 0.248 e. The molecule has 2 saturated heterocycles. The summed E-state index contributed by atoms with van der Waals surface area (Å²) in [6, 6.07) is 7.61. The van der Waals surface area contributed by atoms with Crippen LogP contribution < -0.4 is 4.74 Å². The van der Waals surface area contributed by atoms with Crippen molar-refractivity contribution in [3.05, 3.63) is 41.5 Å². The van der Waals surface area contributed by atoms with Crippen LogP contribution in [0.2, 0.25) is 0 Å². The van der Waals surface area contributed by atoms with Crippen LogP contribution in [0, 0.1) is 12.3 Å². The number of rotatable bonds is 7. The number of aryl methyl sites for hydroxylation is 1. The van der Waals surface area contributed by atoms with Crippen molar-refractivity contribution < 1.29 is 23.6 Å². The Morgan fingerprint density at radius 3 is 2.48 bits per heavy atom. The molecule has 3 heterocycles. The van der Waals surface area contributed by atoms with Crippen molar-refractivity contribution in [2.24, 2.45) is 5.41 Å². The van der Waals surface area contributed by atoms with E-state index in [9.17, 15) is 9.59 Å². The average molecular weight is 428 g/mol. The standard InChI is InChI=1S/C22H28N4O5/c1-4-30-17-7-5-16(6-8-17)9-19(27)26-13-22(14-26)12-25(20(28)11-29-3)10-18(22)21-23-15(2)24-31-21/h5-8,18H,4,9-14H2,1-3H3. The first kappa shape index (κ1) is 21.3. The molecule has 9 heteroatoms. The summed E-state index contributed by atoms with van der Waals surface area (Å²) in [6.07, 6.45) is 0.332. The molecular formula is C22H28N4O5. The first-order valence-corrected chi connectivity index (χ1v) is 10.5. The second-order valence-corrected chi connectivity index (χ2v) is 8.31. The number of methoxy groups -OCH3 is 1. The highest BCUT2D eigenvalue weighted by Gasteiger charge is 2.58. The first-order valence-electron chi connectivity index (χ1n) is 10.5. The number of ether oxygens (including phenoxy) is 2. The van der Waals surface area contributed by atoms with Crippen molar-refractivity contribution in [3.63, 3.8) is 0 Å². The van der Waals surface area contributed by atoms with Gasteiger partial charge < -0.3 is 23.8 Å². The van der Waals surface area contributed by atoms with Crippen LogP contribution in [0.25, 0.3) is 0 Å². The van der Waals surface area contributed by atoms with Gasteiger partial charge in [0.25, 0.3) is 0 Å². The number of hydrogen-bond acceptors (Lipinski definition) is 7. The summed E-state index contributed by atoms with van der Waals surface area (Å²) >= 11 is 0. The molecule has 1 aromatic heterocycles. The van der Waals surface area contributed by atoms with Gasteiger partial charge in [-0.3, -0.25) is 9.59 Å². The maximum atomic E-state index is 12.9. The summed E-state index contributed by atoms with van der Waals surface area (Å²) in [4.78, 5) is 33.3. The molecule has 1 atom stereocenters. The molecule has 2 aliphatic rings. The Balaban J connectivity index is 1.43.